The Morgan fingerprint density at radius 3 is 2.75 bits per heavy atom. The van der Waals surface area contributed by atoms with E-state index in [0.29, 0.717) is 5.92 Å². The molecule has 0 aliphatic carbocycles. The third-order valence-corrected chi connectivity index (χ3v) is 5.44. The van der Waals surface area contributed by atoms with Crippen molar-refractivity contribution in [2.45, 2.75) is 38.8 Å². The summed E-state index contributed by atoms with van der Waals surface area (Å²) in [6.45, 7) is 5.85. The van der Waals surface area contributed by atoms with Crippen molar-refractivity contribution in [3.05, 3.63) is 41.9 Å². The molecule has 0 unspecified atom stereocenters. The highest BCUT2D eigenvalue weighted by Gasteiger charge is 2.26. The molecule has 0 bridgehead atoms. The van der Waals surface area contributed by atoms with Gasteiger partial charge in [0.25, 0.3) is 0 Å². The van der Waals surface area contributed by atoms with Crippen molar-refractivity contribution in [2.24, 2.45) is 0 Å². The summed E-state index contributed by atoms with van der Waals surface area (Å²) in [7, 11) is 0. The molecule has 4 heterocycles. The van der Waals surface area contributed by atoms with Gasteiger partial charge in [-0.3, -0.25) is 0 Å². The van der Waals surface area contributed by atoms with E-state index >= 15 is 0 Å². The molecule has 3 aromatic rings. The highest BCUT2D eigenvalue weighted by Crippen LogP contribution is 2.30. The Hall–Kier alpha value is -2.22. The summed E-state index contributed by atoms with van der Waals surface area (Å²) in [6.07, 6.45) is 9.65. The second-order valence-electron chi connectivity index (χ2n) is 6.03. The molecular weight excluding hydrogens is 322 g/mol. The molecule has 1 fully saturated rings. The second kappa shape index (κ2) is 6.72. The maximum Gasteiger partial charge on any atom is 0.185 e. The number of rotatable bonds is 5. The summed E-state index contributed by atoms with van der Waals surface area (Å²) < 4.78 is 4.30. The van der Waals surface area contributed by atoms with Gasteiger partial charge in [0.1, 0.15) is 5.82 Å². The zero-order valence-electron chi connectivity index (χ0n) is 13.7. The van der Waals surface area contributed by atoms with E-state index < -0.39 is 0 Å². The second-order valence-corrected chi connectivity index (χ2v) is 6.90. The predicted octanol–water partition coefficient (Wildman–Crippen LogP) is 2.38. The molecule has 0 aromatic carbocycles. The largest absolute Gasteiger partial charge is 0.348 e. The first-order valence-corrected chi connectivity index (χ1v) is 9.25. The number of hydrogen-bond acceptors (Lipinski definition) is 6. The summed E-state index contributed by atoms with van der Waals surface area (Å²) in [5.41, 5.74) is 0. The SMILES string of the molecule is CCn1c(Cn2ccnc2)nnc1C1CCN(c2nccs2)CC1. The summed E-state index contributed by atoms with van der Waals surface area (Å²) in [4.78, 5) is 10.9. The fourth-order valence-corrected chi connectivity index (χ4v) is 4.05. The van der Waals surface area contributed by atoms with Gasteiger partial charge in [-0.1, -0.05) is 0 Å². The van der Waals surface area contributed by atoms with Crippen molar-refractivity contribution in [3.8, 4) is 0 Å². The number of nitrogens with zero attached hydrogens (tertiary/aromatic N) is 7. The standard InChI is InChI=1S/C16H21N7S/c1-2-23-14(11-21-9-5-17-12-21)19-20-15(23)13-3-7-22(8-4-13)16-18-6-10-24-16/h5-6,9-10,12-13H,2-4,7-8,11H2,1H3. The lowest BCUT2D eigenvalue weighted by atomic mass is 9.96. The molecule has 0 spiro atoms. The molecule has 8 heteroatoms. The Morgan fingerprint density at radius 1 is 1.21 bits per heavy atom. The van der Waals surface area contributed by atoms with Crippen LogP contribution in [0.25, 0.3) is 0 Å². The van der Waals surface area contributed by atoms with Gasteiger partial charge >= 0.3 is 0 Å². The van der Waals surface area contributed by atoms with E-state index in [2.05, 4.69) is 36.6 Å². The lowest BCUT2D eigenvalue weighted by Crippen LogP contribution is -2.33. The molecule has 1 aliphatic rings. The van der Waals surface area contributed by atoms with E-state index in [9.17, 15) is 0 Å². The Kier molecular flexibility index (Phi) is 4.29. The number of imidazole rings is 1. The first kappa shape index (κ1) is 15.3. The number of anilines is 1. The van der Waals surface area contributed by atoms with Crippen LogP contribution in [0.5, 0.6) is 0 Å². The van der Waals surface area contributed by atoms with Gasteiger partial charge in [0, 0.05) is 49.5 Å². The highest BCUT2D eigenvalue weighted by atomic mass is 32.1. The van der Waals surface area contributed by atoms with E-state index in [-0.39, 0.29) is 0 Å². The normalized spacial score (nSPS) is 16.0. The Balaban J connectivity index is 1.47. The molecular formula is C16H21N7S. The van der Waals surface area contributed by atoms with Crippen LogP contribution in [0, 0.1) is 0 Å². The third-order valence-electron chi connectivity index (χ3n) is 4.61. The molecule has 4 rings (SSSR count). The molecule has 0 N–H and O–H groups in total. The van der Waals surface area contributed by atoms with Gasteiger partial charge < -0.3 is 14.0 Å². The van der Waals surface area contributed by atoms with Gasteiger partial charge in [0.15, 0.2) is 11.0 Å². The van der Waals surface area contributed by atoms with Crippen molar-refractivity contribution in [1.29, 1.82) is 0 Å². The molecule has 1 aliphatic heterocycles. The smallest absolute Gasteiger partial charge is 0.185 e. The Labute approximate surface area is 145 Å². The van der Waals surface area contributed by atoms with Crippen LogP contribution in [0.4, 0.5) is 5.13 Å². The summed E-state index contributed by atoms with van der Waals surface area (Å²) in [5.74, 6) is 2.62. The molecule has 126 valence electrons. The predicted molar refractivity (Wildman–Crippen MR) is 93.3 cm³/mol. The van der Waals surface area contributed by atoms with Crippen LogP contribution in [0.2, 0.25) is 0 Å². The zero-order valence-corrected chi connectivity index (χ0v) is 14.6. The van der Waals surface area contributed by atoms with Gasteiger partial charge in [0.2, 0.25) is 0 Å². The number of thiazole rings is 1. The average molecular weight is 343 g/mol. The monoisotopic (exact) mass is 343 g/mol. The minimum atomic E-state index is 0.477. The Morgan fingerprint density at radius 2 is 2.08 bits per heavy atom. The lowest BCUT2D eigenvalue weighted by Gasteiger charge is -2.31. The van der Waals surface area contributed by atoms with Crippen LogP contribution in [0.15, 0.2) is 30.3 Å². The minimum Gasteiger partial charge on any atom is -0.348 e. The van der Waals surface area contributed by atoms with Crippen molar-refractivity contribution in [2.75, 3.05) is 18.0 Å². The van der Waals surface area contributed by atoms with Gasteiger partial charge in [-0.25, -0.2) is 9.97 Å². The van der Waals surface area contributed by atoms with Crippen LogP contribution in [-0.4, -0.2) is 42.4 Å². The van der Waals surface area contributed by atoms with Crippen LogP contribution in [0.3, 0.4) is 0 Å². The van der Waals surface area contributed by atoms with Crippen molar-refractivity contribution >= 4 is 16.5 Å². The fourth-order valence-electron chi connectivity index (χ4n) is 3.36. The van der Waals surface area contributed by atoms with E-state index in [1.54, 1.807) is 17.5 Å². The number of aromatic nitrogens is 6. The minimum absolute atomic E-state index is 0.477. The first-order chi connectivity index (χ1) is 11.8. The van der Waals surface area contributed by atoms with E-state index in [1.165, 1.54) is 0 Å². The van der Waals surface area contributed by atoms with Crippen molar-refractivity contribution < 1.29 is 0 Å². The van der Waals surface area contributed by atoms with E-state index in [0.717, 1.165) is 55.8 Å². The topological polar surface area (TPSA) is 64.7 Å². The van der Waals surface area contributed by atoms with Crippen molar-refractivity contribution in [3.63, 3.8) is 0 Å². The molecule has 0 atom stereocenters. The number of hydrogen-bond donors (Lipinski definition) is 0. The molecule has 0 saturated carbocycles. The highest BCUT2D eigenvalue weighted by molar-refractivity contribution is 7.13. The van der Waals surface area contributed by atoms with Crippen molar-refractivity contribution in [1.82, 2.24) is 29.3 Å². The van der Waals surface area contributed by atoms with E-state index in [1.807, 2.05) is 28.7 Å². The molecule has 24 heavy (non-hydrogen) atoms. The van der Waals surface area contributed by atoms with Crippen LogP contribution in [0.1, 0.15) is 37.3 Å². The Bertz CT molecular complexity index is 755. The maximum absolute atomic E-state index is 4.53. The summed E-state index contributed by atoms with van der Waals surface area (Å²) in [5, 5.41) is 12.1. The third kappa shape index (κ3) is 2.93. The maximum atomic E-state index is 4.53. The molecule has 1 saturated heterocycles. The fraction of sp³-hybridized carbons (Fsp3) is 0.500. The molecule has 7 nitrogen and oxygen atoms in total. The molecule has 0 radical (unpaired) electrons. The summed E-state index contributed by atoms with van der Waals surface area (Å²) >= 11 is 1.71. The van der Waals surface area contributed by atoms with Gasteiger partial charge in [0.05, 0.1) is 12.9 Å². The van der Waals surface area contributed by atoms with Crippen LogP contribution >= 0.6 is 11.3 Å². The number of piperidine rings is 1. The van der Waals surface area contributed by atoms with Gasteiger partial charge in [-0.2, -0.15) is 0 Å². The lowest BCUT2D eigenvalue weighted by molar-refractivity contribution is 0.463. The first-order valence-electron chi connectivity index (χ1n) is 8.37. The molecule has 3 aromatic heterocycles. The average Bonchev–Trinajstić information content (AvgIpc) is 3.37. The van der Waals surface area contributed by atoms with E-state index in [4.69, 9.17) is 0 Å². The zero-order chi connectivity index (χ0) is 16.4. The quantitative estimate of drug-likeness (QED) is 0.712. The summed E-state index contributed by atoms with van der Waals surface area (Å²) in [6, 6.07) is 0. The molecule has 0 amide bonds. The van der Waals surface area contributed by atoms with Crippen LogP contribution in [-0.2, 0) is 13.1 Å². The van der Waals surface area contributed by atoms with Gasteiger partial charge in [-0.15, -0.1) is 21.5 Å². The van der Waals surface area contributed by atoms with Crippen LogP contribution < -0.4 is 4.90 Å². The van der Waals surface area contributed by atoms with Gasteiger partial charge in [-0.05, 0) is 19.8 Å².